The van der Waals surface area contributed by atoms with E-state index < -0.39 is 17.8 Å². The van der Waals surface area contributed by atoms with E-state index in [1.807, 2.05) is 30.3 Å². The Hall–Kier alpha value is -2.98. The third kappa shape index (κ3) is 5.10. The van der Waals surface area contributed by atoms with Crippen molar-refractivity contribution in [1.29, 1.82) is 0 Å². The highest BCUT2D eigenvalue weighted by Gasteiger charge is 2.40. The fraction of sp³-hybridized carbons (Fsp3) is 0.385. The Kier molecular flexibility index (Phi) is 7.25. The molecule has 1 amide bonds. The Labute approximate surface area is 214 Å². The van der Waals surface area contributed by atoms with E-state index in [9.17, 15) is 9.18 Å². The average Bonchev–Trinajstić information content (AvgIpc) is 3.46. The number of amides is 1. The first-order chi connectivity index (χ1) is 17.4. The molecule has 2 aromatic carbocycles. The van der Waals surface area contributed by atoms with Gasteiger partial charge in [0.2, 0.25) is 0 Å². The molecular weight excluding hydrogens is 483 g/mol. The monoisotopic (exact) mass is 512 g/mol. The lowest BCUT2D eigenvalue weighted by atomic mass is 9.77. The lowest BCUT2D eigenvalue weighted by molar-refractivity contribution is 0.0930. The minimum Gasteiger partial charge on any atom is -0.497 e. The Morgan fingerprint density at radius 1 is 1.25 bits per heavy atom. The fourth-order valence-electron chi connectivity index (χ4n) is 5.29. The van der Waals surface area contributed by atoms with Gasteiger partial charge in [0, 0.05) is 23.9 Å². The van der Waals surface area contributed by atoms with E-state index >= 15 is 0 Å². The van der Waals surface area contributed by atoms with Gasteiger partial charge in [0.1, 0.15) is 17.4 Å². The maximum atomic E-state index is 14.6. The first kappa shape index (κ1) is 24.7. The van der Waals surface area contributed by atoms with Gasteiger partial charge in [-0.25, -0.2) is 14.8 Å². The zero-order chi connectivity index (χ0) is 25.2. The van der Waals surface area contributed by atoms with Crippen LogP contribution < -0.4 is 26.6 Å². The molecule has 1 saturated heterocycles. The summed E-state index contributed by atoms with van der Waals surface area (Å²) in [4.78, 5) is 21.1. The van der Waals surface area contributed by atoms with Crippen LogP contribution in [0.25, 0.3) is 0 Å². The van der Waals surface area contributed by atoms with Crippen molar-refractivity contribution in [2.75, 3.05) is 7.11 Å². The molecule has 0 radical (unpaired) electrons. The van der Waals surface area contributed by atoms with Gasteiger partial charge in [-0.3, -0.25) is 10.2 Å². The molecular formula is C26H30ClFN6O2. The van der Waals surface area contributed by atoms with Crippen LogP contribution in [-0.2, 0) is 6.42 Å². The number of hydrogen-bond acceptors (Lipinski definition) is 6. The van der Waals surface area contributed by atoms with Crippen LogP contribution in [0.5, 0.6) is 5.75 Å². The maximum Gasteiger partial charge on any atom is 0.254 e. The van der Waals surface area contributed by atoms with E-state index in [4.69, 9.17) is 22.1 Å². The van der Waals surface area contributed by atoms with E-state index in [-0.39, 0.29) is 23.7 Å². The number of methoxy groups -OCH3 is 1. The molecule has 1 saturated carbocycles. The summed E-state index contributed by atoms with van der Waals surface area (Å²) in [6, 6.07) is 13.6. The number of carbonyl (C=O) groups excluding carboxylic acids is 1. The number of fused-ring (bicyclic) bond motifs is 1. The van der Waals surface area contributed by atoms with Gasteiger partial charge in [-0.1, -0.05) is 41.9 Å². The van der Waals surface area contributed by atoms with Gasteiger partial charge in [-0.2, -0.15) is 0 Å². The Balaban J connectivity index is 1.39. The number of rotatable bonds is 7. The summed E-state index contributed by atoms with van der Waals surface area (Å²) in [5, 5.41) is 3.35. The molecule has 190 valence electrons. The van der Waals surface area contributed by atoms with Crippen LogP contribution in [0.3, 0.4) is 0 Å². The molecule has 0 bridgehead atoms. The first-order valence-corrected chi connectivity index (χ1v) is 12.5. The summed E-state index contributed by atoms with van der Waals surface area (Å²) in [6.07, 6.45) is 3.20. The minimum atomic E-state index is -0.656. The lowest BCUT2D eigenvalue weighted by Crippen LogP contribution is -2.39. The summed E-state index contributed by atoms with van der Waals surface area (Å²) < 4.78 is 19.7. The van der Waals surface area contributed by atoms with Crippen molar-refractivity contribution in [1.82, 2.24) is 26.1 Å². The van der Waals surface area contributed by atoms with Gasteiger partial charge in [-0.05, 0) is 43.4 Å². The summed E-state index contributed by atoms with van der Waals surface area (Å²) in [7, 11) is 1.45. The molecule has 5 rings (SSSR count). The lowest BCUT2D eigenvalue weighted by Gasteiger charge is -2.31. The summed E-state index contributed by atoms with van der Waals surface area (Å²) in [5.41, 5.74) is 14.4. The molecule has 2 aliphatic rings. The highest BCUT2D eigenvalue weighted by Crippen LogP contribution is 2.40. The predicted molar refractivity (Wildman–Crippen MR) is 135 cm³/mol. The second-order valence-corrected chi connectivity index (χ2v) is 9.84. The van der Waals surface area contributed by atoms with Crippen molar-refractivity contribution in [2.45, 2.75) is 49.9 Å². The Bertz CT molecular complexity index is 1220. The van der Waals surface area contributed by atoms with Crippen LogP contribution in [0, 0.1) is 11.7 Å². The zero-order valence-electron chi connectivity index (χ0n) is 19.9. The second-order valence-electron chi connectivity index (χ2n) is 9.48. The van der Waals surface area contributed by atoms with Crippen molar-refractivity contribution in [3.63, 3.8) is 0 Å². The molecule has 1 aliphatic carbocycles. The second kappa shape index (κ2) is 10.6. The van der Waals surface area contributed by atoms with Crippen LogP contribution in [0.4, 0.5) is 4.39 Å². The van der Waals surface area contributed by atoms with E-state index in [0.717, 1.165) is 30.5 Å². The SMILES string of the molecule is COc1ccc(C(=O)N[C@@H](Cc2ccccc2)c2nc(Cl)c(C3CCC4C(N)NNC4C3)[nH]2)c(F)c1. The van der Waals surface area contributed by atoms with Crippen molar-refractivity contribution in [3.05, 3.63) is 82.1 Å². The molecule has 10 heteroatoms. The topological polar surface area (TPSA) is 117 Å². The molecule has 5 atom stereocenters. The third-order valence-electron chi connectivity index (χ3n) is 7.25. The normalized spacial score (nSPS) is 24.2. The zero-order valence-corrected chi connectivity index (χ0v) is 20.7. The number of imidazole rings is 1. The molecule has 4 unspecified atom stereocenters. The molecule has 1 aromatic heterocycles. The smallest absolute Gasteiger partial charge is 0.254 e. The van der Waals surface area contributed by atoms with E-state index in [1.165, 1.54) is 19.2 Å². The minimum absolute atomic E-state index is 0.0486. The van der Waals surface area contributed by atoms with Crippen molar-refractivity contribution < 1.29 is 13.9 Å². The quantitative estimate of drug-likeness (QED) is 0.330. The highest BCUT2D eigenvalue weighted by atomic mass is 35.5. The molecule has 8 nitrogen and oxygen atoms in total. The number of nitrogens with one attached hydrogen (secondary N) is 4. The maximum absolute atomic E-state index is 14.6. The fourth-order valence-corrected chi connectivity index (χ4v) is 5.58. The van der Waals surface area contributed by atoms with Crippen LogP contribution in [0.1, 0.15) is 58.7 Å². The van der Waals surface area contributed by atoms with Crippen LogP contribution in [0.2, 0.25) is 5.15 Å². The molecule has 2 heterocycles. The van der Waals surface area contributed by atoms with Crippen molar-refractivity contribution in [2.24, 2.45) is 11.7 Å². The average molecular weight is 513 g/mol. The van der Waals surface area contributed by atoms with Gasteiger partial charge in [0.25, 0.3) is 5.91 Å². The van der Waals surface area contributed by atoms with Gasteiger partial charge in [0.15, 0.2) is 5.15 Å². The number of hydrazine groups is 1. The largest absolute Gasteiger partial charge is 0.497 e. The van der Waals surface area contributed by atoms with Crippen molar-refractivity contribution >= 4 is 17.5 Å². The molecule has 2 fully saturated rings. The standard InChI is InChI=1S/C26H30ClFN6O2/c1-36-16-8-10-17(19(28)13-16)26(35)30-21(11-14-5-3-2-4-6-14)25-31-22(23(27)32-25)15-7-9-18-20(12-15)33-34-24(18)29/h2-6,8,10,13,15,18,20-21,24,33-34H,7,9,11-12,29H2,1H3,(H,30,35)(H,31,32)/t15?,18?,20?,21-,24?/m0/s1. The number of halogens is 2. The van der Waals surface area contributed by atoms with Crippen LogP contribution >= 0.6 is 11.6 Å². The van der Waals surface area contributed by atoms with E-state index in [1.54, 1.807) is 6.07 Å². The molecule has 0 spiro atoms. The summed E-state index contributed by atoms with van der Waals surface area (Å²) in [5.74, 6) is 0.253. The first-order valence-electron chi connectivity index (χ1n) is 12.1. The predicted octanol–water partition coefficient (Wildman–Crippen LogP) is 3.57. The van der Waals surface area contributed by atoms with E-state index in [0.29, 0.717) is 29.1 Å². The van der Waals surface area contributed by atoms with Gasteiger partial charge >= 0.3 is 0 Å². The number of H-pyrrole nitrogens is 1. The number of nitrogens with zero attached hydrogens (tertiary/aromatic N) is 1. The van der Waals surface area contributed by atoms with E-state index in [2.05, 4.69) is 26.1 Å². The van der Waals surface area contributed by atoms with Crippen molar-refractivity contribution in [3.8, 4) is 5.75 Å². The Morgan fingerprint density at radius 3 is 2.81 bits per heavy atom. The number of hydrogen-bond donors (Lipinski definition) is 5. The van der Waals surface area contributed by atoms with Gasteiger partial charge in [0.05, 0.1) is 30.6 Å². The number of benzene rings is 2. The van der Waals surface area contributed by atoms with Crippen LogP contribution in [-0.4, -0.2) is 35.2 Å². The highest BCUT2D eigenvalue weighted by molar-refractivity contribution is 6.30. The molecule has 1 aliphatic heterocycles. The number of aromatic nitrogens is 2. The van der Waals surface area contributed by atoms with Gasteiger partial charge < -0.3 is 20.8 Å². The summed E-state index contributed by atoms with van der Waals surface area (Å²) in [6.45, 7) is 0. The number of carbonyl (C=O) groups is 1. The molecule has 6 N–H and O–H groups in total. The third-order valence-corrected chi connectivity index (χ3v) is 7.54. The number of nitrogens with two attached hydrogens (primary N) is 1. The number of ether oxygens (including phenoxy) is 1. The Morgan fingerprint density at radius 2 is 2.06 bits per heavy atom. The number of aromatic amines is 1. The van der Waals surface area contributed by atoms with Crippen LogP contribution in [0.15, 0.2) is 48.5 Å². The summed E-state index contributed by atoms with van der Waals surface area (Å²) >= 11 is 6.62. The molecule has 3 aromatic rings. The molecule has 36 heavy (non-hydrogen) atoms. The van der Waals surface area contributed by atoms with Gasteiger partial charge in [-0.15, -0.1) is 0 Å².